The number of benzene rings is 1. The van der Waals surface area contributed by atoms with Crippen LogP contribution in [0.3, 0.4) is 0 Å². The summed E-state index contributed by atoms with van der Waals surface area (Å²) in [7, 11) is 0. The van der Waals surface area contributed by atoms with E-state index >= 15 is 0 Å². The second-order valence-electron chi connectivity index (χ2n) is 8.46. The van der Waals surface area contributed by atoms with Crippen LogP contribution in [-0.2, 0) is 6.42 Å². The number of carbonyl (C=O) groups is 1. The highest BCUT2D eigenvalue weighted by atomic mass is 16.5. The highest BCUT2D eigenvalue weighted by Crippen LogP contribution is 2.54. The van der Waals surface area contributed by atoms with E-state index in [9.17, 15) is 15.1 Å². The number of aryl methyl sites for hydroxylation is 1. The molecule has 27 heavy (non-hydrogen) atoms. The number of hydrogen-bond acceptors (Lipinski definition) is 4. The molecule has 0 radical (unpaired) electrons. The molecule has 1 aliphatic carbocycles. The largest absolute Gasteiger partial charge is 0.507 e. The number of ether oxygens (including phenoxy) is 1. The van der Waals surface area contributed by atoms with Crippen LogP contribution in [0.4, 0.5) is 0 Å². The molecule has 0 spiro atoms. The first-order chi connectivity index (χ1) is 12.8. The number of hydroxylamine groups is 1. The maximum absolute atomic E-state index is 12.3. The van der Waals surface area contributed by atoms with E-state index in [1.54, 1.807) is 5.48 Å². The summed E-state index contributed by atoms with van der Waals surface area (Å²) in [6.07, 6.45) is 7.88. The Balaban J connectivity index is 2.16. The maximum atomic E-state index is 12.3. The summed E-state index contributed by atoms with van der Waals surface area (Å²) in [5.41, 5.74) is 4.22. The zero-order chi connectivity index (χ0) is 19.8. The summed E-state index contributed by atoms with van der Waals surface area (Å²) < 4.78 is 6.34. The molecule has 2 atom stereocenters. The van der Waals surface area contributed by atoms with E-state index in [0.29, 0.717) is 17.7 Å². The number of hydrogen-bond donors (Lipinski definition) is 3. The molecule has 5 heteroatoms. The van der Waals surface area contributed by atoms with E-state index in [-0.39, 0.29) is 28.7 Å². The number of fused-ring (bicyclic) bond motifs is 3. The predicted octanol–water partition coefficient (Wildman–Crippen LogP) is 4.85. The van der Waals surface area contributed by atoms with Gasteiger partial charge in [0.25, 0.3) is 5.91 Å². The molecule has 0 unspecified atom stereocenters. The van der Waals surface area contributed by atoms with Crippen LogP contribution >= 0.6 is 0 Å². The van der Waals surface area contributed by atoms with Crippen LogP contribution < -0.4 is 10.2 Å². The maximum Gasteiger partial charge on any atom is 0.278 e. The van der Waals surface area contributed by atoms with Crippen molar-refractivity contribution in [2.75, 3.05) is 0 Å². The molecule has 0 saturated carbocycles. The minimum absolute atomic E-state index is 0.00688. The molecule has 0 fully saturated rings. The van der Waals surface area contributed by atoms with Crippen LogP contribution in [0.5, 0.6) is 11.5 Å². The first-order valence-corrected chi connectivity index (χ1v) is 9.99. The van der Waals surface area contributed by atoms with Crippen LogP contribution in [0.15, 0.2) is 17.7 Å². The zero-order valence-electron chi connectivity index (χ0n) is 16.8. The monoisotopic (exact) mass is 373 g/mol. The van der Waals surface area contributed by atoms with Crippen LogP contribution in [0.2, 0.25) is 0 Å². The Labute approximate surface area is 161 Å². The summed E-state index contributed by atoms with van der Waals surface area (Å²) in [6, 6.07) is 1.89. The molecule has 1 heterocycles. The third-order valence-corrected chi connectivity index (χ3v) is 6.11. The van der Waals surface area contributed by atoms with Crippen LogP contribution in [-0.4, -0.2) is 21.8 Å². The Kier molecular flexibility index (Phi) is 5.52. The van der Waals surface area contributed by atoms with Crippen molar-refractivity contribution in [3.63, 3.8) is 0 Å². The summed E-state index contributed by atoms with van der Waals surface area (Å²) in [5.74, 6) is 0.176. The van der Waals surface area contributed by atoms with Gasteiger partial charge in [-0.05, 0) is 58.1 Å². The topological polar surface area (TPSA) is 78.8 Å². The fraction of sp³-hybridized carbons (Fsp3) is 0.591. The standard InChI is InChI=1S/C22H31NO4/c1-5-6-7-8-14-12-17-19(20(24)18(14)21(25)23-26)15-11-13(2)9-10-16(15)22(3,4)27-17/h11-12,15-16,24,26H,5-10H2,1-4H3,(H,23,25)/t15-,16-/m1/s1. The first-order valence-electron chi connectivity index (χ1n) is 9.99. The molecule has 1 aromatic rings. The number of phenolic OH excluding ortho intramolecular Hbond substituents is 1. The Morgan fingerprint density at radius 2 is 2.11 bits per heavy atom. The third-order valence-electron chi connectivity index (χ3n) is 6.11. The Hall–Kier alpha value is -2.01. The van der Waals surface area contributed by atoms with Gasteiger partial charge in [0.15, 0.2) is 0 Å². The molecule has 3 N–H and O–H groups in total. The average Bonchev–Trinajstić information content (AvgIpc) is 2.60. The number of carbonyl (C=O) groups excluding carboxylic acids is 1. The predicted molar refractivity (Wildman–Crippen MR) is 105 cm³/mol. The minimum atomic E-state index is -0.667. The third kappa shape index (κ3) is 3.57. The molecular weight excluding hydrogens is 342 g/mol. The lowest BCUT2D eigenvalue weighted by Crippen LogP contribution is -2.45. The average molecular weight is 373 g/mol. The number of rotatable bonds is 5. The second kappa shape index (κ2) is 7.55. The van der Waals surface area contributed by atoms with Gasteiger partial charge in [0.1, 0.15) is 17.1 Å². The molecular formula is C22H31NO4. The van der Waals surface area contributed by atoms with Gasteiger partial charge in [0.2, 0.25) is 0 Å². The lowest BCUT2D eigenvalue weighted by atomic mass is 9.67. The molecule has 3 rings (SSSR count). The van der Waals surface area contributed by atoms with Gasteiger partial charge >= 0.3 is 0 Å². The zero-order valence-corrected chi connectivity index (χ0v) is 16.8. The number of unbranched alkanes of at least 4 members (excludes halogenated alkanes) is 2. The van der Waals surface area contributed by atoms with Gasteiger partial charge in [-0.15, -0.1) is 0 Å². The van der Waals surface area contributed by atoms with Crippen molar-refractivity contribution in [3.8, 4) is 11.5 Å². The van der Waals surface area contributed by atoms with Crippen molar-refractivity contribution in [3.05, 3.63) is 34.4 Å². The summed E-state index contributed by atoms with van der Waals surface area (Å²) >= 11 is 0. The fourth-order valence-corrected chi connectivity index (χ4v) is 4.68. The van der Waals surface area contributed by atoms with Gasteiger partial charge in [-0.25, -0.2) is 5.48 Å². The van der Waals surface area contributed by atoms with Crippen molar-refractivity contribution in [2.45, 2.75) is 77.7 Å². The van der Waals surface area contributed by atoms with E-state index in [2.05, 4.69) is 33.8 Å². The molecule has 2 aliphatic rings. The van der Waals surface area contributed by atoms with Crippen LogP contribution in [0.25, 0.3) is 0 Å². The van der Waals surface area contributed by atoms with Gasteiger partial charge in [0, 0.05) is 17.4 Å². The fourth-order valence-electron chi connectivity index (χ4n) is 4.68. The Morgan fingerprint density at radius 1 is 1.37 bits per heavy atom. The molecule has 1 aliphatic heterocycles. The Morgan fingerprint density at radius 3 is 2.78 bits per heavy atom. The minimum Gasteiger partial charge on any atom is -0.507 e. The van der Waals surface area contributed by atoms with Crippen molar-refractivity contribution >= 4 is 5.91 Å². The molecule has 5 nitrogen and oxygen atoms in total. The second-order valence-corrected chi connectivity index (χ2v) is 8.46. The SMILES string of the molecule is CCCCCc1cc2c(c(O)c1C(=O)NO)[C@@H]1C=C(C)CC[C@H]1C(C)(C)O2. The van der Waals surface area contributed by atoms with E-state index in [0.717, 1.165) is 37.7 Å². The number of allylic oxidation sites excluding steroid dienone is 2. The number of aromatic hydroxyl groups is 1. The molecule has 0 saturated heterocycles. The smallest absolute Gasteiger partial charge is 0.278 e. The molecule has 148 valence electrons. The number of phenols is 1. The van der Waals surface area contributed by atoms with Gasteiger partial charge < -0.3 is 9.84 Å². The van der Waals surface area contributed by atoms with Crippen molar-refractivity contribution in [2.24, 2.45) is 5.92 Å². The summed E-state index contributed by atoms with van der Waals surface area (Å²) in [6.45, 7) is 8.43. The lowest BCUT2D eigenvalue weighted by Gasteiger charge is -2.46. The quantitative estimate of drug-likeness (QED) is 0.298. The molecule has 0 aromatic heterocycles. The van der Waals surface area contributed by atoms with Gasteiger partial charge in [-0.1, -0.05) is 31.4 Å². The van der Waals surface area contributed by atoms with E-state index in [1.807, 2.05) is 6.07 Å². The molecule has 1 aromatic carbocycles. The number of nitrogens with one attached hydrogen (secondary N) is 1. The normalized spacial score (nSPS) is 22.9. The van der Waals surface area contributed by atoms with Crippen LogP contribution in [0, 0.1) is 5.92 Å². The Bertz CT molecular complexity index is 766. The van der Waals surface area contributed by atoms with Gasteiger partial charge in [-0.3, -0.25) is 10.0 Å². The van der Waals surface area contributed by atoms with E-state index in [1.165, 1.54) is 5.57 Å². The van der Waals surface area contributed by atoms with Gasteiger partial charge in [-0.2, -0.15) is 0 Å². The molecule has 0 bridgehead atoms. The first kappa shape index (κ1) is 19.7. The van der Waals surface area contributed by atoms with Crippen molar-refractivity contribution in [1.82, 2.24) is 5.48 Å². The summed E-state index contributed by atoms with van der Waals surface area (Å²) in [4.78, 5) is 12.3. The van der Waals surface area contributed by atoms with Crippen molar-refractivity contribution < 1.29 is 19.8 Å². The molecule has 1 amide bonds. The van der Waals surface area contributed by atoms with Crippen LogP contribution in [0.1, 0.15) is 87.2 Å². The lowest BCUT2D eigenvalue weighted by molar-refractivity contribution is 0.0106. The van der Waals surface area contributed by atoms with Crippen molar-refractivity contribution in [1.29, 1.82) is 0 Å². The number of amides is 1. The highest BCUT2D eigenvalue weighted by Gasteiger charge is 2.46. The van der Waals surface area contributed by atoms with E-state index in [4.69, 9.17) is 4.74 Å². The van der Waals surface area contributed by atoms with E-state index < -0.39 is 5.91 Å². The highest BCUT2D eigenvalue weighted by molar-refractivity contribution is 5.98. The van der Waals surface area contributed by atoms with Gasteiger partial charge in [0.05, 0.1) is 5.56 Å². The summed E-state index contributed by atoms with van der Waals surface area (Å²) in [5, 5.41) is 20.3.